The molecule has 30 heavy (non-hydrogen) atoms. The third-order valence-electron chi connectivity index (χ3n) is 5.49. The monoisotopic (exact) mass is 432 g/mol. The molecule has 1 N–H and O–H groups in total. The van der Waals surface area contributed by atoms with Crippen LogP contribution in [0.25, 0.3) is 11.4 Å². The molecule has 2 unspecified atom stereocenters. The number of aryl methyl sites for hydroxylation is 3. The summed E-state index contributed by atoms with van der Waals surface area (Å²) >= 11 is 1.38. The van der Waals surface area contributed by atoms with E-state index in [2.05, 4.69) is 25.7 Å². The average molecular weight is 433 g/mol. The second-order valence-corrected chi connectivity index (χ2v) is 8.91. The lowest BCUT2D eigenvalue weighted by atomic mass is 9.83. The predicted octanol–water partition coefficient (Wildman–Crippen LogP) is 4.11. The fourth-order valence-electron chi connectivity index (χ4n) is 3.85. The van der Waals surface area contributed by atoms with Crippen LogP contribution in [0, 0.1) is 19.8 Å². The Balaban J connectivity index is 1.62. The number of halogens is 2. The minimum Gasteiger partial charge on any atom is -0.301 e. The minimum atomic E-state index is -2.74. The van der Waals surface area contributed by atoms with Gasteiger partial charge in [-0.15, -0.1) is 21.5 Å². The Morgan fingerprint density at radius 3 is 2.57 bits per heavy atom. The third-order valence-corrected chi connectivity index (χ3v) is 6.48. The lowest BCUT2D eigenvalue weighted by Gasteiger charge is -2.23. The van der Waals surface area contributed by atoms with Crippen molar-refractivity contribution in [2.75, 3.05) is 5.32 Å². The van der Waals surface area contributed by atoms with Crippen LogP contribution >= 0.6 is 11.3 Å². The molecule has 0 saturated heterocycles. The van der Waals surface area contributed by atoms with E-state index in [4.69, 9.17) is 0 Å². The predicted molar refractivity (Wildman–Crippen MR) is 109 cm³/mol. The van der Waals surface area contributed by atoms with E-state index < -0.39 is 17.8 Å². The summed E-state index contributed by atoms with van der Waals surface area (Å²) in [7, 11) is 1.67. The molecule has 1 aromatic carbocycles. The molecule has 0 aliphatic heterocycles. The van der Waals surface area contributed by atoms with Crippen molar-refractivity contribution in [1.82, 2.24) is 25.2 Å². The van der Waals surface area contributed by atoms with Crippen molar-refractivity contribution in [2.24, 2.45) is 13.0 Å². The minimum absolute atomic E-state index is 0.196. The summed E-state index contributed by atoms with van der Waals surface area (Å²) in [5, 5.41) is 15.3. The van der Waals surface area contributed by atoms with Crippen LogP contribution in [0.4, 0.5) is 13.9 Å². The zero-order valence-corrected chi connectivity index (χ0v) is 17.7. The van der Waals surface area contributed by atoms with Gasteiger partial charge in [0.25, 0.3) is 0 Å². The molecule has 2 atom stereocenters. The van der Waals surface area contributed by atoms with Gasteiger partial charge in [0.1, 0.15) is 0 Å². The number of aromatic nitrogens is 5. The van der Waals surface area contributed by atoms with Crippen molar-refractivity contribution in [3.8, 4) is 11.4 Å². The number of carbonyl (C=O) groups is 1. The smallest absolute Gasteiger partial charge is 0.248 e. The van der Waals surface area contributed by atoms with Crippen molar-refractivity contribution >= 4 is 22.4 Å². The molecule has 0 spiro atoms. The maximum absolute atomic E-state index is 13.9. The fourth-order valence-corrected chi connectivity index (χ4v) is 4.67. The first-order valence-corrected chi connectivity index (χ1v) is 10.5. The van der Waals surface area contributed by atoms with E-state index >= 15 is 0 Å². The summed E-state index contributed by atoms with van der Waals surface area (Å²) in [6, 6.07) is 7.14. The van der Waals surface area contributed by atoms with E-state index in [1.807, 2.05) is 13.8 Å². The summed E-state index contributed by atoms with van der Waals surface area (Å²) in [5.41, 5.74) is 2.28. The second kappa shape index (κ2) is 7.82. The summed E-state index contributed by atoms with van der Waals surface area (Å²) in [6.07, 6.45) is -0.193. The lowest BCUT2D eigenvalue weighted by Crippen LogP contribution is -2.27. The Hall–Kier alpha value is -2.75. The van der Waals surface area contributed by atoms with Gasteiger partial charge in [-0.1, -0.05) is 24.3 Å². The molecule has 3 aromatic rings. The molecule has 0 radical (unpaired) electrons. The zero-order chi connectivity index (χ0) is 21.5. The van der Waals surface area contributed by atoms with Crippen LogP contribution in [0.3, 0.4) is 0 Å². The molecule has 2 heterocycles. The first kappa shape index (κ1) is 20.5. The highest BCUT2D eigenvalue weighted by molar-refractivity contribution is 7.15. The highest BCUT2D eigenvalue weighted by Crippen LogP contribution is 2.46. The molecule has 1 saturated carbocycles. The molecule has 1 fully saturated rings. The number of rotatable bonds is 5. The van der Waals surface area contributed by atoms with Gasteiger partial charge < -0.3 is 5.32 Å². The van der Waals surface area contributed by atoms with Gasteiger partial charge in [-0.3, -0.25) is 4.79 Å². The maximum Gasteiger partial charge on any atom is 0.248 e. The number of tetrazole rings is 1. The van der Waals surface area contributed by atoms with Gasteiger partial charge >= 0.3 is 0 Å². The van der Waals surface area contributed by atoms with Crippen LogP contribution in [0.2, 0.25) is 0 Å². The summed E-state index contributed by atoms with van der Waals surface area (Å²) in [5.74, 6) is -3.71. The molecule has 1 aliphatic carbocycles. The summed E-state index contributed by atoms with van der Waals surface area (Å²) < 4.78 is 27.9. The van der Waals surface area contributed by atoms with Crippen LogP contribution < -0.4 is 5.32 Å². The van der Waals surface area contributed by atoms with E-state index in [1.54, 1.807) is 31.3 Å². The van der Waals surface area contributed by atoms with Crippen molar-refractivity contribution in [3.05, 3.63) is 40.4 Å². The van der Waals surface area contributed by atoms with E-state index in [0.29, 0.717) is 22.9 Å². The highest BCUT2D eigenvalue weighted by Gasteiger charge is 2.45. The Labute approximate surface area is 176 Å². The first-order chi connectivity index (χ1) is 14.2. The number of alkyl halides is 2. The Bertz CT molecular complexity index is 1040. The van der Waals surface area contributed by atoms with Crippen LogP contribution in [0.5, 0.6) is 0 Å². The Kier molecular flexibility index (Phi) is 5.35. The SMILES string of the molecule is Cc1nc(NC(=O)C(c2ccc(-c3nnn(C)n3)cc2)C2CCC(F)(F)C2)sc1C. The Morgan fingerprint density at radius 2 is 2.03 bits per heavy atom. The molecule has 2 aromatic heterocycles. The quantitative estimate of drug-likeness (QED) is 0.656. The normalized spacial score (nSPS) is 19.0. The topological polar surface area (TPSA) is 85.6 Å². The van der Waals surface area contributed by atoms with Crippen LogP contribution in [-0.2, 0) is 11.8 Å². The fraction of sp³-hybridized carbons (Fsp3) is 0.450. The van der Waals surface area contributed by atoms with Gasteiger partial charge in [-0.2, -0.15) is 4.80 Å². The van der Waals surface area contributed by atoms with Crippen LogP contribution in [-0.4, -0.2) is 37.0 Å². The molecular weight excluding hydrogens is 410 g/mol. The van der Waals surface area contributed by atoms with Crippen LogP contribution in [0.15, 0.2) is 24.3 Å². The number of benzene rings is 1. The lowest BCUT2D eigenvalue weighted by molar-refractivity contribution is -0.118. The number of hydrogen-bond donors (Lipinski definition) is 1. The third kappa shape index (κ3) is 4.23. The average Bonchev–Trinajstić information content (AvgIpc) is 3.35. The molecule has 10 heteroatoms. The number of carbonyl (C=O) groups excluding carboxylic acids is 1. The number of anilines is 1. The van der Waals surface area contributed by atoms with E-state index in [1.165, 1.54) is 16.1 Å². The number of amides is 1. The number of nitrogens with one attached hydrogen (secondary N) is 1. The van der Waals surface area contributed by atoms with E-state index in [-0.39, 0.29) is 18.7 Å². The van der Waals surface area contributed by atoms with Crippen LogP contribution in [0.1, 0.15) is 41.3 Å². The molecule has 7 nitrogen and oxygen atoms in total. The van der Waals surface area contributed by atoms with Gasteiger partial charge in [-0.05, 0) is 37.0 Å². The Morgan fingerprint density at radius 1 is 1.30 bits per heavy atom. The van der Waals surface area contributed by atoms with Gasteiger partial charge in [-0.25, -0.2) is 13.8 Å². The van der Waals surface area contributed by atoms with Crippen molar-refractivity contribution in [1.29, 1.82) is 0 Å². The van der Waals surface area contributed by atoms with E-state index in [9.17, 15) is 13.6 Å². The maximum atomic E-state index is 13.9. The summed E-state index contributed by atoms with van der Waals surface area (Å²) in [4.78, 5) is 19.9. The zero-order valence-electron chi connectivity index (χ0n) is 16.9. The molecule has 158 valence electrons. The van der Waals surface area contributed by atoms with Crippen molar-refractivity contribution in [2.45, 2.75) is 45.0 Å². The van der Waals surface area contributed by atoms with E-state index in [0.717, 1.165) is 16.1 Å². The molecule has 4 rings (SSSR count). The molecule has 1 amide bonds. The number of hydrogen-bond acceptors (Lipinski definition) is 6. The highest BCUT2D eigenvalue weighted by atomic mass is 32.1. The van der Waals surface area contributed by atoms with Gasteiger partial charge in [0, 0.05) is 23.3 Å². The number of thiazole rings is 1. The molecule has 0 bridgehead atoms. The van der Waals surface area contributed by atoms with Crippen molar-refractivity contribution in [3.63, 3.8) is 0 Å². The number of nitrogens with zero attached hydrogens (tertiary/aromatic N) is 5. The second-order valence-electron chi connectivity index (χ2n) is 7.71. The van der Waals surface area contributed by atoms with Crippen molar-refractivity contribution < 1.29 is 13.6 Å². The van der Waals surface area contributed by atoms with Gasteiger partial charge in [0.2, 0.25) is 17.7 Å². The standard InChI is InChI=1S/C20H22F2N6OS/c1-11-12(2)30-19(23-11)24-18(29)16(15-8-9-20(21,22)10-15)13-4-6-14(7-5-13)17-25-27-28(3)26-17/h4-7,15-16H,8-10H2,1-3H3,(H,23,24,29). The first-order valence-electron chi connectivity index (χ1n) is 9.69. The largest absolute Gasteiger partial charge is 0.301 e. The molecule has 1 aliphatic rings. The van der Waals surface area contributed by atoms with Gasteiger partial charge in [0.15, 0.2) is 5.13 Å². The summed E-state index contributed by atoms with van der Waals surface area (Å²) in [6.45, 7) is 3.80. The van der Waals surface area contributed by atoms with Gasteiger partial charge in [0.05, 0.1) is 18.7 Å². The molecular formula is C20H22F2N6OS.